The standard InChI is InChI=1S/C14H17N5OS/c1-10(8-15-13(20)17-14-18-16-9-21-14)19-7-6-11-4-2-3-5-12(11)19/h2-5,9-10H,6-8H2,1H3,(H2,15,17,18,20)/t10-/m1/s1. The summed E-state index contributed by atoms with van der Waals surface area (Å²) in [6.45, 7) is 3.70. The highest BCUT2D eigenvalue weighted by Gasteiger charge is 2.23. The minimum Gasteiger partial charge on any atom is -0.366 e. The lowest BCUT2D eigenvalue weighted by Crippen LogP contribution is -2.42. The molecule has 0 radical (unpaired) electrons. The van der Waals surface area contributed by atoms with E-state index in [-0.39, 0.29) is 12.1 Å². The molecule has 0 unspecified atom stereocenters. The summed E-state index contributed by atoms with van der Waals surface area (Å²) < 4.78 is 0. The zero-order valence-corrected chi connectivity index (χ0v) is 12.6. The summed E-state index contributed by atoms with van der Waals surface area (Å²) in [5.74, 6) is 0. The van der Waals surface area contributed by atoms with Gasteiger partial charge in [-0.25, -0.2) is 4.79 Å². The topological polar surface area (TPSA) is 70.1 Å². The van der Waals surface area contributed by atoms with Crippen LogP contribution in [-0.4, -0.2) is 35.4 Å². The number of anilines is 2. The van der Waals surface area contributed by atoms with E-state index in [4.69, 9.17) is 0 Å². The van der Waals surface area contributed by atoms with Crippen molar-refractivity contribution in [2.45, 2.75) is 19.4 Å². The van der Waals surface area contributed by atoms with Gasteiger partial charge >= 0.3 is 6.03 Å². The third-order valence-electron chi connectivity index (χ3n) is 3.59. The average Bonchev–Trinajstić information content (AvgIpc) is 3.13. The Bertz CT molecular complexity index is 616. The summed E-state index contributed by atoms with van der Waals surface area (Å²) in [7, 11) is 0. The number of carbonyl (C=O) groups is 1. The van der Waals surface area contributed by atoms with Crippen molar-refractivity contribution in [1.29, 1.82) is 0 Å². The van der Waals surface area contributed by atoms with Gasteiger partial charge in [0.05, 0.1) is 0 Å². The summed E-state index contributed by atoms with van der Waals surface area (Å²) in [6.07, 6.45) is 1.07. The largest absolute Gasteiger partial charge is 0.366 e. The monoisotopic (exact) mass is 303 g/mol. The normalized spacial score (nSPS) is 14.6. The molecular formula is C14H17N5OS. The number of rotatable bonds is 4. The number of nitrogens with zero attached hydrogens (tertiary/aromatic N) is 3. The molecular weight excluding hydrogens is 286 g/mol. The molecule has 2 amide bonds. The van der Waals surface area contributed by atoms with Crippen molar-refractivity contribution in [2.75, 3.05) is 23.3 Å². The van der Waals surface area contributed by atoms with Crippen LogP contribution in [0.15, 0.2) is 29.8 Å². The highest BCUT2D eigenvalue weighted by Crippen LogP contribution is 2.28. The molecule has 0 bridgehead atoms. The van der Waals surface area contributed by atoms with Crippen LogP contribution in [0.1, 0.15) is 12.5 Å². The number of amides is 2. The van der Waals surface area contributed by atoms with Gasteiger partial charge in [-0.3, -0.25) is 5.32 Å². The molecule has 2 heterocycles. The van der Waals surface area contributed by atoms with E-state index < -0.39 is 0 Å². The van der Waals surface area contributed by atoms with E-state index in [0.29, 0.717) is 11.7 Å². The average molecular weight is 303 g/mol. The molecule has 0 saturated carbocycles. The Labute approximate surface area is 127 Å². The Morgan fingerprint density at radius 3 is 3.14 bits per heavy atom. The van der Waals surface area contributed by atoms with Crippen LogP contribution in [0, 0.1) is 0 Å². The lowest BCUT2D eigenvalue weighted by molar-refractivity contribution is 0.251. The molecule has 21 heavy (non-hydrogen) atoms. The van der Waals surface area contributed by atoms with Crippen LogP contribution in [0.3, 0.4) is 0 Å². The van der Waals surface area contributed by atoms with Crippen molar-refractivity contribution in [3.63, 3.8) is 0 Å². The first kappa shape index (κ1) is 13.8. The van der Waals surface area contributed by atoms with E-state index in [9.17, 15) is 4.79 Å². The van der Waals surface area contributed by atoms with Gasteiger partial charge in [-0.1, -0.05) is 29.5 Å². The molecule has 0 saturated heterocycles. The second kappa shape index (κ2) is 6.09. The van der Waals surface area contributed by atoms with Crippen molar-refractivity contribution in [1.82, 2.24) is 15.5 Å². The summed E-state index contributed by atoms with van der Waals surface area (Å²) in [5.41, 5.74) is 4.23. The number of fused-ring (bicyclic) bond motifs is 1. The lowest BCUT2D eigenvalue weighted by Gasteiger charge is -2.27. The Kier molecular flexibility index (Phi) is 4.01. The van der Waals surface area contributed by atoms with Crippen LogP contribution >= 0.6 is 11.3 Å². The van der Waals surface area contributed by atoms with E-state index in [1.54, 1.807) is 5.51 Å². The number of aromatic nitrogens is 2. The fraction of sp³-hybridized carbons (Fsp3) is 0.357. The summed E-state index contributed by atoms with van der Waals surface area (Å²) >= 11 is 1.30. The molecule has 1 aromatic heterocycles. The third kappa shape index (κ3) is 3.13. The number of para-hydroxylation sites is 1. The zero-order valence-electron chi connectivity index (χ0n) is 11.7. The van der Waals surface area contributed by atoms with E-state index in [2.05, 4.69) is 56.9 Å². The zero-order chi connectivity index (χ0) is 14.7. The number of urea groups is 1. The Hall–Kier alpha value is -2.15. The number of hydrogen-bond acceptors (Lipinski definition) is 5. The highest BCUT2D eigenvalue weighted by molar-refractivity contribution is 7.13. The van der Waals surface area contributed by atoms with Crippen LogP contribution in [0.2, 0.25) is 0 Å². The lowest BCUT2D eigenvalue weighted by atomic mass is 10.2. The van der Waals surface area contributed by atoms with Gasteiger partial charge in [0.15, 0.2) is 0 Å². The predicted molar refractivity (Wildman–Crippen MR) is 83.9 cm³/mol. The van der Waals surface area contributed by atoms with Gasteiger partial charge in [0.25, 0.3) is 0 Å². The van der Waals surface area contributed by atoms with E-state index >= 15 is 0 Å². The Balaban J connectivity index is 1.53. The van der Waals surface area contributed by atoms with Crippen LogP contribution < -0.4 is 15.5 Å². The second-order valence-electron chi connectivity index (χ2n) is 5.00. The molecule has 0 spiro atoms. The predicted octanol–water partition coefficient (Wildman–Crippen LogP) is 2.11. The first-order chi connectivity index (χ1) is 10.2. The summed E-state index contributed by atoms with van der Waals surface area (Å²) in [4.78, 5) is 14.1. The smallest absolute Gasteiger partial charge is 0.321 e. The van der Waals surface area contributed by atoms with Crippen molar-refractivity contribution >= 4 is 28.2 Å². The third-order valence-corrected chi connectivity index (χ3v) is 4.20. The molecule has 1 aliphatic heterocycles. The van der Waals surface area contributed by atoms with Crippen molar-refractivity contribution in [3.8, 4) is 0 Å². The molecule has 6 nitrogen and oxygen atoms in total. The molecule has 7 heteroatoms. The van der Waals surface area contributed by atoms with Crippen molar-refractivity contribution in [2.24, 2.45) is 0 Å². The molecule has 2 aromatic rings. The van der Waals surface area contributed by atoms with Crippen molar-refractivity contribution < 1.29 is 4.79 Å². The van der Waals surface area contributed by atoms with Crippen LogP contribution in [0.25, 0.3) is 0 Å². The minimum atomic E-state index is -0.244. The molecule has 1 aliphatic rings. The van der Waals surface area contributed by atoms with Crippen LogP contribution in [-0.2, 0) is 6.42 Å². The summed E-state index contributed by atoms with van der Waals surface area (Å²) in [5, 5.41) is 13.5. The van der Waals surface area contributed by atoms with Gasteiger partial charge in [-0.05, 0) is 25.0 Å². The maximum atomic E-state index is 11.8. The fourth-order valence-electron chi connectivity index (χ4n) is 2.54. The SMILES string of the molecule is C[C@H](CNC(=O)Nc1nncs1)N1CCc2ccccc21. The molecule has 1 atom stereocenters. The van der Waals surface area contributed by atoms with Gasteiger partial charge in [0.1, 0.15) is 5.51 Å². The molecule has 1 aromatic carbocycles. The number of carbonyl (C=O) groups excluding carboxylic acids is 1. The van der Waals surface area contributed by atoms with Gasteiger partial charge in [-0.15, -0.1) is 10.2 Å². The number of hydrogen-bond donors (Lipinski definition) is 2. The van der Waals surface area contributed by atoms with Gasteiger partial charge in [-0.2, -0.15) is 0 Å². The maximum Gasteiger partial charge on any atom is 0.321 e. The fourth-order valence-corrected chi connectivity index (χ4v) is 2.98. The quantitative estimate of drug-likeness (QED) is 0.907. The van der Waals surface area contributed by atoms with Crippen LogP contribution in [0.5, 0.6) is 0 Å². The van der Waals surface area contributed by atoms with Crippen LogP contribution in [0.4, 0.5) is 15.6 Å². The van der Waals surface area contributed by atoms with E-state index in [0.717, 1.165) is 13.0 Å². The molecule has 0 fully saturated rings. The number of nitrogens with one attached hydrogen (secondary N) is 2. The minimum absolute atomic E-state index is 0.244. The number of benzene rings is 1. The van der Waals surface area contributed by atoms with Crippen molar-refractivity contribution in [3.05, 3.63) is 35.3 Å². The molecule has 110 valence electrons. The molecule has 2 N–H and O–H groups in total. The van der Waals surface area contributed by atoms with Gasteiger partial charge in [0, 0.05) is 24.8 Å². The highest BCUT2D eigenvalue weighted by atomic mass is 32.1. The van der Waals surface area contributed by atoms with E-state index in [1.165, 1.54) is 22.6 Å². The van der Waals surface area contributed by atoms with Gasteiger partial charge in [0.2, 0.25) is 5.13 Å². The summed E-state index contributed by atoms with van der Waals surface area (Å²) in [6, 6.07) is 8.43. The first-order valence-corrected chi connectivity index (χ1v) is 7.77. The Morgan fingerprint density at radius 2 is 2.33 bits per heavy atom. The van der Waals surface area contributed by atoms with Gasteiger partial charge < -0.3 is 10.2 Å². The second-order valence-corrected chi connectivity index (χ2v) is 5.83. The molecule has 3 rings (SSSR count). The van der Waals surface area contributed by atoms with E-state index in [1.807, 2.05) is 0 Å². The first-order valence-electron chi connectivity index (χ1n) is 6.89. The molecule has 0 aliphatic carbocycles. The Morgan fingerprint density at radius 1 is 1.48 bits per heavy atom. The maximum absolute atomic E-state index is 11.8.